The van der Waals surface area contributed by atoms with Gasteiger partial charge in [-0.25, -0.2) is 0 Å². The van der Waals surface area contributed by atoms with Gasteiger partial charge in [0, 0.05) is 0 Å². The fourth-order valence-corrected chi connectivity index (χ4v) is 3.71. The van der Waals surface area contributed by atoms with Crippen LogP contribution in [0.5, 0.6) is 0 Å². The highest BCUT2D eigenvalue weighted by Gasteiger charge is 2.62. The molecule has 0 aromatic heterocycles. The van der Waals surface area contributed by atoms with Gasteiger partial charge >= 0.3 is 12.1 Å². The van der Waals surface area contributed by atoms with Gasteiger partial charge in [-0.15, -0.1) is 0 Å². The van der Waals surface area contributed by atoms with E-state index in [-0.39, 0.29) is 30.3 Å². The number of carbonyl (C=O) groups excluding carboxylic acids is 1. The van der Waals surface area contributed by atoms with E-state index in [2.05, 4.69) is 0 Å². The Labute approximate surface area is 129 Å². The summed E-state index contributed by atoms with van der Waals surface area (Å²) in [6.07, 6.45) is -2.99. The molecule has 0 aliphatic heterocycles. The number of esters is 1. The first-order chi connectivity index (χ1) is 9.90. The van der Waals surface area contributed by atoms with Crippen LogP contribution in [0, 0.1) is 23.2 Å². The number of ether oxygens (including phenoxy) is 1. The molecular weight excluding hydrogens is 297 g/mol. The molecule has 5 atom stereocenters. The Morgan fingerprint density at radius 3 is 2.14 bits per heavy atom. The molecule has 5 unspecified atom stereocenters. The van der Waals surface area contributed by atoms with Crippen molar-refractivity contribution in [1.82, 2.24) is 0 Å². The summed E-state index contributed by atoms with van der Waals surface area (Å²) in [4.78, 5) is 12.1. The van der Waals surface area contributed by atoms with Crippen molar-refractivity contribution in [2.24, 2.45) is 23.2 Å². The largest absolute Gasteiger partial charge is 0.462 e. The molecule has 0 radical (unpaired) electrons. The van der Waals surface area contributed by atoms with Gasteiger partial charge < -0.3 is 9.84 Å². The van der Waals surface area contributed by atoms with Crippen LogP contribution in [0.2, 0.25) is 0 Å². The fraction of sp³-hybridized carbons (Fsp3) is 0.938. The fourth-order valence-electron chi connectivity index (χ4n) is 3.71. The first kappa shape index (κ1) is 17.6. The second kappa shape index (κ2) is 5.39. The Bertz CT molecular complexity index is 442. The van der Waals surface area contributed by atoms with Crippen molar-refractivity contribution < 1.29 is 27.8 Å². The van der Waals surface area contributed by atoms with Crippen molar-refractivity contribution in [2.75, 3.05) is 0 Å². The lowest BCUT2D eigenvalue weighted by atomic mass is 9.76. The van der Waals surface area contributed by atoms with Crippen molar-refractivity contribution in [3.8, 4) is 0 Å². The monoisotopic (exact) mass is 322 g/mol. The molecule has 0 aromatic rings. The van der Waals surface area contributed by atoms with Crippen molar-refractivity contribution in [2.45, 2.75) is 71.3 Å². The first-order valence-electron chi connectivity index (χ1n) is 7.90. The molecule has 128 valence electrons. The second-order valence-electron chi connectivity index (χ2n) is 7.66. The van der Waals surface area contributed by atoms with Crippen molar-refractivity contribution in [1.29, 1.82) is 0 Å². The summed E-state index contributed by atoms with van der Waals surface area (Å²) >= 11 is 0. The van der Waals surface area contributed by atoms with E-state index in [0.717, 1.165) is 6.92 Å². The molecule has 2 fully saturated rings. The first-order valence-corrected chi connectivity index (χ1v) is 7.90. The maximum Gasteiger partial charge on any atom is 0.417 e. The molecule has 22 heavy (non-hydrogen) atoms. The lowest BCUT2D eigenvalue weighted by molar-refractivity contribution is -0.278. The molecular formula is C16H25F3O3. The number of hydrogen-bond donors (Lipinski definition) is 1. The van der Waals surface area contributed by atoms with Crippen LogP contribution in [-0.2, 0) is 9.53 Å². The lowest BCUT2D eigenvalue weighted by Crippen LogP contribution is -2.51. The van der Waals surface area contributed by atoms with Crippen LogP contribution >= 0.6 is 0 Å². The normalized spacial score (nSPS) is 34.5. The summed E-state index contributed by atoms with van der Waals surface area (Å²) in [5, 5.41) is 9.88. The Balaban J connectivity index is 2.00. The predicted molar refractivity (Wildman–Crippen MR) is 75.0 cm³/mol. The minimum Gasteiger partial charge on any atom is -0.462 e. The van der Waals surface area contributed by atoms with Gasteiger partial charge in [-0.3, -0.25) is 4.79 Å². The van der Waals surface area contributed by atoms with Gasteiger partial charge in [-0.2, -0.15) is 13.2 Å². The van der Waals surface area contributed by atoms with Crippen LogP contribution in [-0.4, -0.2) is 29.0 Å². The maximum absolute atomic E-state index is 13.0. The Hall–Kier alpha value is -0.780. The van der Waals surface area contributed by atoms with Crippen molar-refractivity contribution in [3.05, 3.63) is 0 Å². The zero-order valence-electron chi connectivity index (χ0n) is 13.5. The Morgan fingerprint density at radius 2 is 1.73 bits per heavy atom. The molecule has 2 saturated carbocycles. The van der Waals surface area contributed by atoms with Gasteiger partial charge in [0.15, 0.2) is 5.60 Å². The zero-order valence-corrected chi connectivity index (χ0v) is 13.5. The summed E-state index contributed by atoms with van der Waals surface area (Å²) in [7, 11) is 0. The molecule has 6 heteroatoms. The zero-order chi connectivity index (χ0) is 16.9. The van der Waals surface area contributed by atoms with E-state index in [1.165, 1.54) is 0 Å². The predicted octanol–water partition coefficient (Wildman–Crippen LogP) is 3.69. The van der Waals surface area contributed by atoms with Crippen LogP contribution in [0.4, 0.5) is 13.2 Å². The van der Waals surface area contributed by atoms with Crippen molar-refractivity contribution >= 4 is 5.97 Å². The number of aliphatic hydroxyl groups is 1. The highest BCUT2D eigenvalue weighted by molar-refractivity contribution is 5.76. The van der Waals surface area contributed by atoms with E-state index in [1.807, 2.05) is 6.92 Å². The lowest BCUT2D eigenvalue weighted by Gasteiger charge is -2.39. The molecule has 2 aliphatic carbocycles. The summed E-state index contributed by atoms with van der Waals surface area (Å²) in [5.41, 5.74) is -3.23. The topological polar surface area (TPSA) is 46.5 Å². The number of fused-ring (bicyclic) bond motifs is 2. The molecule has 2 bridgehead atoms. The van der Waals surface area contributed by atoms with Crippen molar-refractivity contribution in [3.63, 3.8) is 0 Å². The third kappa shape index (κ3) is 2.86. The quantitative estimate of drug-likeness (QED) is 0.803. The molecule has 0 heterocycles. The van der Waals surface area contributed by atoms with E-state index in [0.29, 0.717) is 19.3 Å². The Kier molecular flexibility index (Phi) is 4.31. The molecule has 0 saturated heterocycles. The van der Waals surface area contributed by atoms with E-state index in [9.17, 15) is 23.1 Å². The molecule has 1 N–H and O–H groups in total. The van der Waals surface area contributed by atoms with Gasteiger partial charge in [0.05, 0.1) is 5.41 Å². The summed E-state index contributed by atoms with van der Waals surface area (Å²) in [6, 6.07) is 0. The van der Waals surface area contributed by atoms with E-state index in [1.54, 1.807) is 13.8 Å². The maximum atomic E-state index is 13.0. The van der Waals surface area contributed by atoms with Crippen LogP contribution in [0.15, 0.2) is 0 Å². The van der Waals surface area contributed by atoms with Gasteiger partial charge in [0.1, 0.15) is 6.10 Å². The van der Waals surface area contributed by atoms with E-state index >= 15 is 0 Å². The highest BCUT2D eigenvalue weighted by atomic mass is 19.4. The summed E-state index contributed by atoms with van der Waals surface area (Å²) in [5.74, 6) is -1.39. The molecule has 0 amide bonds. The summed E-state index contributed by atoms with van der Waals surface area (Å²) in [6.45, 7) is 6.37. The number of alkyl halides is 3. The minimum absolute atomic E-state index is 0.0690. The van der Waals surface area contributed by atoms with Gasteiger partial charge in [-0.1, -0.05) is 6.92 Å². The molecule has 0 aromatic carbocycles. The number of halogens is 3. The molecule has 2 rings (SSSR count). The van der Waals surface area contributed by atoms with E-state index < -0.39 is 23.1 Å². The van der Waals surface area contributed by atoms with E-state index in [4.69, 9.17) is 4.74 Å². The van der Waals surface area contributed by atoms with Gasteiger partial charge in [0.2, 0.25) is 0 Å². The third-order valence-electron chi connectivity index (χ3n) is 5.78. The third-order valence-corrected chi connectivity index (χ3v) is 5.78. The molecule has 0 spiro atoms. The smallest absolute Gasteiger partial charge is 0.417 e. The SMILES string of the molecule is CCC(C)(C)C(=O)OC1CC2CC1CC2C(C)(O)C(F)(F)F. The van der Waals surface area contributed by atoms with Gasteiger partial charge in [-0.05, 0) is 64.2 Å². The molecule has 3 nitrogen and oxygen atoms in total. The minimum atomic E-state index is -4.63. The summed E-state index contributed by atoms with van der Waals surface area (Å²) < 4.78 is 44.5. The van der Waals surface area contributed by atoms with Gasteiger partial charge in [0.25, 0.3) is 0 Å². The standard InChI is InChI=1S/C16H25F3O3/c1-5-14(2,3)13(20)22-12-8-9-6-10(12)7-11(9)15(4,21)16(17,18)19/h9-12,21H,5-8H2,1-4H3. The molecule has 2 aliphatic rings. The average molecular weight is 322 g/mol. The second-order valence-corrected chi connectivity index (χ2v) is 7.66. The van der Waals surface area contributed by atoms with Crippen LogP contribution in [0.3, 0.4) is 0 Å². The van der Waals surface area contributed by atoms with Crippen LogP contribution in [0.1, 0.15) is 53.4 Å². The number of carbonyl (C=O) groups is 1. The average Bonchev–Trinajstić information content (AvgIpc) is 2.97. The number of rotatable bonds is 4. The van der Waals surface area contributed by atoms with Crippen LogP contribution in [0.25, 0.3) is 0 Å². The Morgan fingerprint density at radius 1 is 1.14 bits per heavy atom. The number of hydrogen-bond acceptors (Lipinski definition) is 3. The van der Waals surface area contributed by atoms with Crippen LogP contribution < -0.4 is 0 Å². The highest BCUT2D eigenvalue weighted by Crippen LogP contribution is 2.56.